The molecule has 0 radical (unpaired) electrons. The summed E-state index contributed by atoms with van der Waals surface area (Å²) < 4.78 is 23.5. The highest BCUT2D eigenvalue weighted by atomic mass is 19.1. The quantitative estimate of drug-likeness (QED) is 0.823. The molecule has 5 heteroatoms. The number of nitrogens with two attached hydrogens (primary N) is 1. The van der Waals surface area contributed by atoms with E-state index < -0.39 is 11.6 Å². The molecule has 1 atom stereocenters. The van der Waals surface area contributed by atoms with E-state index in [-0.39, 0.29) is 18.2 Å². The molecular formula is C11H16FNO3. The van der Waals surface area contributed by atoms with Gasteiger partial charge in [-0.3, -0.25) is 0 Å². The Morgan fingerprint density at radius 2 is 2.06 bits per heavy atom. The van der Waals surface area contributed by atoms with E-state index in [1.54, 1.807) is 6.92 Å². The van der Waals surface area contributed by atoms with Crippen molar-refractivity contribution >= 4 is 0 Å². The molecule has 1 unspecified atom stereocenters. The zero-order valence-corrected chi connectivity index (χ0v) is 9.58. The summed E-state index contributed by atoms with van der Waals surface area (Å²) in [5.74, 6) is -0.837. The number of phenolic OH excluding ortho intramolecular Hbond substituents is 1. The highest BCUT2D eigenvalue weighted by molar-refractivity contribution is 5.55. The standard InChI is InChI=1S/C11H16FNO3/c1-6(5-13)9-10(14)7(12)4-8(15-2)11(9)16-3/h4,6,14H,5,13H2,1-3H3. The first-order valence-corrected chi connectivity index (χ1v) is 4.90. The molecule has 4 nitrogen and oxygen atoms in total. The molecular weight excluding hydrogens is 213 g/mol. The van der Waals surface area contributed by atoms with E-state index in [4.69, 9.17) is 15.2 Å². The van der Waals surface area contributed by atoms with Crippen molar-refractivity contribution in [3.05, 3.63) is 17.4 Å². The average molecular weight is 229 g/mol. The van der Waals surface area contributed by atoms with Gasteiger partial charge >= 0.3 is 0 Å². The molecule has 0 heterocycles. The molecule has 0 aliphatic rings. The Bertz CT molecular complexity index is 382. The minimum Gasteiger partial charge on any atom is -0.505 e. The fourth-order valence-corrected chi connectivity index (χ4v) is 1.56. The lowest BCUT2D eigenvalue weighted by Crippen LogP contribution is -2.11. The summed E-state index contributed by atoms with van der Waals surface area (Å²) in [6.45, 7) is 2.05. The predicted molar refractivity (Wildman–Crippen MR) is 58.6 cm³/mol. The summed E-state index contributed by atoms with van der Waals surface area (Å²) in [6.07, 6.45) is 0. The van der Waals surface area contributed by atoms with Crippen LogP contribution in [-0.2, 0) is 0 Å². The number of phenols is 1. The minimum atomic E-state index is -0.743. The maximum Gasteiger partial charge on any atom is 0.169 e. The largest absolute Gasteiger partial charge is 0.505 e. The van der Waals surface area contributed by atoms with Gasteiger partial charge in [0.05, 0.1) is 14.2 Å². The van der Waals surface area contributed by atoms with E-state index in [1.807, 2.05) is 0 Å². The van der Waals surface area contributed by atoms with Crippen LogP contribution in [0.15, 0.2) is 6.07 Å². The second-order valence-corrected chi connectivity index (χ2v) is 3.49. The predicted octanol–water partition coefficient (Wildman–Crippen LogP) is 1.61. The van der Waals surface area contributed by atoms with Crippen molar-refractivity contribution in [2.75, 3.05) is 20.8 Å². The van der Waals surface area contributed by atoms with Gasteiger partial charge in [0.2, 0.25) is 0 Å². The molecule has 90 valence electrons. The van der Waals surface area contributed by atoms with Gasteiger partial charge in [0.25, 0.3) is 0 Å². The lowest BCUT2D eigenvalue weighted by atomic mass is 9.98. The van der Waals surface area contributed by atoms with Gasteiger partial charge in [0.1, 0.15) is 0 Å². The van der Waals surface area contributed by atoms with Crippen LogP contribution in [0.4, 0.5) is 4.39 Å². The van der Waals surface area contributed by atoms with E-state index in [2.05, 4.69) is 0 Å². The Kier molecular flexibility index (Phi) is 3.95. The molecule has 0 fully saturated rings. The van der Waals surface area contributed by atoms with E-state index in [0.717, 1.165) is 6.07 Å². The summed E-state index contributed by atoms with van der Waals surface area (Å²) in [4.78, 5) is 0. The zero-order valence-electron chi connectivity index (χ0n) is 9.58. The van der Waals surface area contributed by atoms with E-state index in [0.29, 0.717) is 11.3 Å². The van der Waals surface area contributed by atoms with Crippen molar-refractivity contribution in [2.24, 2.45) is 5.73 Å². The Morgan fingerprint density at radius 3 is 2.50 bits per heavy atom. The number of benzene rings is 1. The normalized spacial score (nSPS) is 12.3. The number of halogens is 1. The second-order valence-electron chi connectivity index (χ2n) is 3.49. The van der Waals surface area contributed by atoms with Gasteiger partial charge in [-0.25, -0.2) is 4.39 Å². The smallest absolute Gasteiger partial charge is 0.169 e. The number of hydrogen-bond donors (Lipinski definition) is 2. The fraction of sp³-hybridized carbons (Fsp3) is 0.455. The summed E-state index contributed by atoms with van der Waals surface area (Å²) in [7, 11) is 2.84. The lowest BCUT2D eigenvalue weighted by molar-refractivity contribution is 0.336. The minimum absolute atomic E-state index is 0.223. The maximum atomic E-state index is 13.4. The summed E-state index contributed by atoms with van der Waals surface area (Å²) >= 11 is 0. The van der Waals surface area contributed by atoms with Gasteiger partial charge in [-0.2, -0.15) is 0 Å². The molecule has 0 aliphatic carbocycles. The summed E-state index contributed by atoms with van der Waals surface area (Å²) in [5, 5.41) is 9.66. The van der Waals surface area contributed by atoms with Crippen LogP contribution in [0.2, 0.25) is 0 Å². The third-order valence-electron chi connectivity index (χ3n) is 2.48. The highest BCUT2D eigenvalue weighted by Crippen LogP contribution is 2.42. The van der Waals surface area contributed by atoms with Gasteiger partial charge in [-0.15, -0.1) is 0 Å². The van der Waals surface area contributed by atoms with Crippen molar-refractivity contribution in [3.8, 4) is 17.2 Å². The van der Waals surface area contributed by atoms with Gasteiger partial charge in [0, 0.05) is 17.5 Å². The molecule has 0 amide bonds. The van der Waals surface area contributed by atoms with E-state index in [9.17, 15) is 9.50 Å². The third kappa shape index (κ3) is 2.04. The molecule has 1 rings (SSSR count). The monoisotopic (exact) mass is 229 g/mol. The van der Waals surface area contributed by atoms with Crippen LogP contribution in [0.25, 0.3) is 0 Å². The van der Waals surface area contributed by atoms with Gasteiger partial charge in [0.15, 0.2) is 23.1 Å². The number of hydrogen-bond acceptors (Lipinski definition) is 4. The highest BCUT2D eigenvalue weighted by Gasteiger charge is 2.22. The first-order chi connectivity index (χ1) is 7.56. The van der Waals surface area contributed by atoms with Crippen molar-refractivity contribution < 1.29 is 19.0 Å². The van der Waals surface area contributed by atoms with Gasteiger partial charge in [-0.1, -0.05) is 6.92 Å². The van der Waals surface area contributed by atoms with Crippen LogP contribution in [0, 0.1) is 5.82 Å². The number of methoxy groups -OCH3 is 2. The Balaban J connectivity index is 3.46. The van der Waals surface area contributed by atoms with Gasteiger partial charge in [-0.05, 0) is 6.54 Å². The SMILES string of the molecule is COc1cc(F)c(O)c(C(C)CN)c1OC. The Hall–Kier alpha value is -1.49. The molecule has 16 heavy (non-hydrogen) atoms. The third-order valence-corrected chi connectivity index (χ3v) is 2.48. The zero-order chi connectivity index (χ0) is 12.3. The number of aromatic hydroxyl groups is 1. The van der Waals surface area contributed by atoms with Crippen molar-refractivity contribution in [1.29, 1.82) is 0 Å². The van der Waals surface area contributed by atoms with Crippen molar-refractivity contribution in [3.63, 3.8) is 0 Å². The maximum absolute atomic E-state index is 13.4. The molecule has 3 N–H and O–H groups in total. The molecule has 0 aromatic heterocycles. The van der Waals surface area contributed by atoms with Crippen LogP contribution in [0.5, 0.6) is 17.2 Å². The van der Waals surface area contributed by atoms with Crippen LogP contribution in [0.1, 0.15) is 18.4 Å². The van der Waals surface area contributed by atoms with Gasteiger partial charge < -0.3 is 20.3 Å². The van der Waals surface area contributed by atoms with Crippen LogP contribution in [-0.4, -0.2) is 25.9 Å². The molecule has 0 spiro atoms. The molecule has 0 bridgehead atoms. The lowest BCUT2D eigenvalue weighted by Gasteiger charge is -2.18. The van der Waals surface area contributed by atoms with Crippen LogP contribution in [0.3, 0.4) is 0 Å². The van der Waals surface area contributed by atoms with E-state index >= 15 is 0 Å². The molecule has 0 saturated heterocycles. The topological polar surface area (TPSA) is 64.7 Å². The number of ether oxygens (including phenoxy) is 2. The van der Waals surface area contributed by atoms with Crippen LogP contribution < -0.4 is 15.2 Å². The molecule has 0 saturated carbocycles. The first-order valence-electron chi connectivity index (χ1n) is 4.90. The fourth-order valence-electron chi connectivity index (χ4n) is 1.56. The Labute approximate surface area is 93.8 Å². The average Bonchev–Trinajstić information content (AvgIpc) is 2.30. The van der Waals surface area contributed by atoms with E-state index in [1.165, 1.54) is 14.2 Å². The molecule has 1 aromatic rings. The Morgan fingerprint density at radius 1 is 1.44 bits per heavy atom. The number of rotatable bonds is 4. The first kappa shape index (κ1) is 12.6. The summed E-state index contributed by atoms with van der Waals surface area (Å²) in [6, 6.07) is 1.08. The molecule has 0 aliphatic heterocycles. The van der Waals surface area contributed by atoms with Crippen LogP contribution >= 0.6 is 0 Å². The van der Waals surface area contributed by atoms with Crippen molar-refractivity contribution in [2.45, 2.75) is 12.8 Å². The second kappa shape index (κ2) is 5.03. The summed E-state index contributed by atoms with van der Waals surface area (Å²) in [5.41, 5.74) is 5.84. The van der Waals surface area contributed by atoms with Crippen molar-refractivity contribution in [1.82, 2.24) is 0 Å². The molecule has 1 aromatic carbocycles.